The molecule has 0 bridgehead atoms. The molecule has 0 heterocycles. The standard InChI is InChI=1S/C24H26BrNO5/c1-5-13-30-24-20(25)14-17(15-22(24)29-6-2)7-12-21(27)18-8-10-19(11-9-18)31-16-23(28)26(3)4/h5,7-12,14-15H,1,6,13,16H2,2-4H3/b12-7+. The molecule has 2 rings (SSSR count). The van der Waals surface area contributed by atoms with Crippen molar-refractivity contribution in [3.05, 3.63) is 70.7 Å². The number of allylic oxidation sites excluding steroid dienone is 1. The van der Waals surface area contributed by atoms with Gasteiger partial charge in [-0.25, -0.2) is 0 Å². The average molecular weight is 488 g/mol. The summed E-state index contributed by atoms with van der Waals surface area (Å²) < 4.78 is 17.5. The summed E-state index contributed by atoms with van der Waals surface area (Å²) in [5.74, 6) is 1.41. The molecule has 31 heavy (non-hydrogen) atoms. The maximum absolute atomic E-state index is 12.5. The van der Waals surface area contributed by atoms with Crippen LogP contribution in [0, 0.1) is 0 Å². The van der Waals surface area contributed by atoms with E-state index in [9.17, 15) is 9.59 Å². The highest BCUT2D eigenvalue weighted by molar-refractivity contribution is 9.10. The molecule has 0 spiro atoms. The predicted octanol–water partition coefficient (Wildman–Crippen LogP) is 4.78. The smallest absolute Gasteiger partial charge is 0.259 e. The summed E-state index contributed by atoms with van der Waals surface area (Å²) in [6, 6.07) is 10.3. The highest BCUT2D eigenvalue weighted by atomic mass is 79.9. The first-order valence-electron chi connectivity index (χ1n) is 9.71. The minimum atomic E-state index is -0.156. The molecular formula is C24H26BrNO5. The van der Waals surface area contributed by atoms with Crippen LogP contribution in [0.2, 0.25) is 0 Å². The molecule has 7 heteroatoms. The number of likely N-dealkylation sites (N-methyl/N-ethyl adjacent to an activating group) is 1. The van der Waals surface area contributed by atoms with Gasteiger partial charge in [0.1, 0.15) is 12.4 Å². The molecule has 0 aliphatic carbocycles. The molecule has 164 valence electrons. The second-order valence-corrected chi connectivity index (χ2v) is 7.52. The Labute approximate surface area is 191 Å². The fourth-order valence-corrected chi connectivity index (χ4v) is 3.06. The van der Waals surface area contributed by atoms with E-state index in [1.54, 1.807) is 50.5 Å². The number of rotatable bonds is 11. The fourth-order valence-electron chi connectivity index (χ4n) is 2.49. The van der Waals surface area contributed by atoms with E-state index in [-0.39, 0.29) is 18.3 Å². The molecule has 0 N–H and O–H groups in total. The lowest BCUT2D eigenvalue weighted by atomic mass is 10.1. The van der Waals surface area contributed by atoms with Crippen LogP contribution in [0.3, 0.4) is 0 Å². The van der Waals surface area contributed by atoms with E-state index in [1.807, 2.05) is 19.1 Å². The van der Waals surface area contributed by atoms with Gasteiger partial charge in [0.25, 0.3) is 5.91 Å². The first-order valence-corrected chi connectivity index (χ1v) is 10.5. The van der Waals surface area contributed by atoms with Gasteiger partial charge in [-0.1, -0.05) is 18.7 Å². The normalized spacial score (nSPS) is 10.6. The molecule has 0 saturated heterocycles. The molecule has 0 atom stereocenters. The lowest BCUT2D eigenvalue weighted by molar-refractivity contribution is -0.130. The monoisotopic (exact) mass is 487 g/mol. The van der Waals surface area contributed by atoms with Gasteiger partial charge in [-0.3, -0.25) is 9.59 Å². The van der Waals surface area contributed by atoms with E-state index in [4.69, 9.17) is 14.2 Å². The van der Waals surface area contributed by atoms with Crippen molar-refractivity contribution < 1.29 is 23.8 Å². The summed E-state index contributed by atoms with van der Waals surface area (Å²) in [6.45, 7) is 6.33. The molecule has 0 aromatic heterocycles. The Balaban J connectivity index is 2.09. The van der Waals surface area contributed by atoms with Gasteiger partial charge in [0.05, 0.1) is 11.1 Å². The van der Waals surface area contributed by atoms with Crippen molar-refractivity contribution in [2.45, 2.75) is 6.92 Å². The van der Waals surface area contributed by atoms with Crippen LogP contribution in [0.15, 0.2) is 59.6 Å². The maximum Gasteiger partial charge on any atom is 0.259 e. The van der Waals surface area contributed by atoms with Crippen LogP contribution in [-0.2, 0) is 4.79 Å². The summed E-state index contributed by atoms with van der Waals surface area (Å²) >= 11 is 3.49. The van der Waals surface area contributed by atoms with Crippen LogP contribution in [0.1, 0.15) is 22.8 Å². The number of ketones is 1. The van der Waals surface area contributed by atoms with Gasteiger partial charge in [0, 0.05) is 19.7 Å². The number of benzene rings is 2. The lowest BCUT2D eigenvalue weighted by Gasteiger charge is -2.13. The molecule has 2 aromatic carbocycles. The first kappa shape index (κ1) is 24.2. The number of hydrogen-bond donors (Lipinski definition) is 0. The Hall–Kier alpha value is -3.06. The number of ether oxygens (including phenoxy) is 3. The van der Waals surface area contributed by atoms with Crippen LogP contribution in [0.5, 0.6) is 17.2 Å². The summed E-state index contributed by atoms with van der Waals surface area (Å²) in [5, 5.41) is 0. The van der Waals surface area contributed by atoms with E-state index in [0.717, 1.165) is 10.0 Å². The molecule has 0 saturated carbocycles. The van der Waals surface area contributed by atoms with E-state index < -0.39 is 0 Å². The predicted molar refractivity (Wildman–Crippen MR) is 125 cm³/mol. The first-order chi connectivity index (χ1) is 14.8. The Bertz CT molecular complexity index is 951. The van der Waals surface area contributed by atoms with Crippen LogP contribution in [-0.4, -0.2) is 50.5 Å². The van der Waals surface area contributed by atoms with Gasteiger partial charge in [-0.2, -0.15) is 0 Å². The van der Waals surface area contributed by atoms with Gasteiger partial charge in [-0.05, 0) is 70.9 Å². The van der Waals surface area contributed by atoms with Gasteiger partial charge < -0.3 is 19.1 Å². The molecule has 0 unspecified atom stereocenters. The van der Waals surface area contributed by atoms with E-state index >= 15 is 0 Å². The van der Waals surface area contributed by atoms with Crippen LogP contribution < -0.4 is 14.2 Å². The molecular weight excluding hydrogens is 462 g/mol. The highest BCUT2D eigenvalue weighted by Crippen LogP contribution is 2.37. The van der Waals surface area contributed by atoms with E-state index in [1.165, 1.54) is 11.0 Å². The number of hydrogen-bond acceptors (Lipinski definition) is 5. The van der Waals surface area contributed by atoms with Crippen molar-refractivity contribution in [3.63, 3.8) is 0 Å². The third-order valence-electron chi connectivity index (χ3n) is 4.10. The Morgan fingerprint density at radius 3 is 2.42 bits per heavy atom. The zero-order chi connectivity index (χ0) is 22.8. The van der Waals surface area contributed by atoms with Crippen molar-refractivity contribution in [2.75, 3.05) is 33.9 Å². The summed E-state index contributed by atoms with van der Waals surface area (Å²) in [7, 11) is 3.33. The summed E-state index contributed by atoms with van der Waals surface area (Å²) in [5.41, 5.74) is 1.30. The Morgan fingerprint density at radius 1 is 1.10 bits per heavy atom. The van der Waals surface area contributed by atoms with E-state index in [2.05, 4.69) is 22.5 Å². The molecule has 0 radical (unpaired) electrons. The van der Waals surface area contributed by atoms with Gasteiger partial charge >= 0.3 is 0 Å². The summed E-state index contributed by atoms with van der Waals surface area (Å²) in [6.07, 6.45) is 4.87. The largest absolute Gasteiger partial charge is 0.490 e. The number of carbonyl (C=O) groups is 2. The molecule has 1 amide bonds. The van der Waals surface area contributed by atoms with Crippen molar-refractivity contribution in [1.29, 1.82) is 0 Å². The minimum absolute atomic E-state index is 0.0518. The van der Waals surface area contributed by atoms with Gasteiger partial charge in [0.15, 0.2) is 23.9 Å². The second-order valence-electron chi connectivity index (χ2n) is 6.66. The Morgan fingerprint density at radius 2 is 1.81 bits per heavy atom. The Kier molecular flexibility index (Phi) is 9.34. The zero-order valence-corrected chi connectivity index (χ0v) is 19.5. The van der Waals surface area contributed by atoms with Gasteiger partial charge in [0.2, 0.25) is 0 Å². The van der Waals surface area contributed by atoms with Crippen molar-refractivity contribution >= 4 is 33.7 Å². The molecule has 2 aromatic rings. The maximum atomic E-state index is 12.5. The number of nitrogens with zero attached hydrogens (tertiary/aromatic N) is 1. The van der Waals surface area contributed by atoms with E-state index in [0.29, 0.717) is 36.0 Å². The molecule has 0 aliphatic rings. The summed E-state index contributed by atoms with van der Waals surface area (Å²) in [4.78, 5) is 25.6. The lowest BCUT2D eigenvalue weighted by Crippen LogP contribution is -2.27. The SMILES string of the molecule is C=CCOc1c(Br)cc(/C=C/C(=O)c2ccc(OCC(=O)N(C)C)cc2)cc1OCC. The average Bonchev–Trinajstić information content (AvgIpc) is 2.75. The molecule has 0 aliphatic heterocycles. The van der Waals surface area contributed by atoms with Crippen molar-refractivity contribution in [3.8, 4) is 17.2 Å². The molecule has 0 fully saturated rings. The third-order valence-corrected chi connectivity index (χ3v) is 4.69. The van der Waals surface area contributed by atoms with Crippen molar-refractivity contribution in [2.24, 2.45) is 0 Å². The quantitative estimate of drug-likeness (QED) is 0.259. The third kappa shape index (κ3) is 7.29. The van der Waals surface area contributed by atoms with Crippen LogP contribution >= 0.6 is 15.9 Å². The highest BCUT2D eigenvalue weighted by Gasteiger charge is 2.12. The van der Waals surface area contributed by atoms with Crippen LogP contribution in [0.25, 0.3) is 6.08 Å². The number of halogens is 1. The molecule has 6 nitrogen and oxygen atoms in total. The van der Waals surface area contributed by atoms with Crippen LogP contribution in [0.4, 0.5) is 0 Å². The minimum Gasteiger partial charge on any atom is -0.490 e. The van der Waals surface area contributed by atoms with Crippen molar-refractivity contribution in [1.82, 2.24) is 4.90 Å². The van der Waals surface area contributed by atoms with Gasteiger partial charge in [-0.15, -0.1) is 0 Å². The number of amides is 1. The second kappa shape index (κ2) is 12.0. The topological polar surface area (TPSA) is 65.1 Å². The fraction of sp³-hybridized carbons (Fsp3) is 0.250. The zero-order valence-electron chi connectivity index (χ0n) is 17.9. The number of carbonyl (C=O) groups excluding carboxylic acids is 2.